The molecule has 0 bridgehead atoms. The van der Waals surface area contributed by atoms with Crippen LogP contribution in [0.1, 0.15) is 12.0 Å². The molecule has 1 fully saturated rings. The summed E-state index contributed by atoms with van der Waals surface area (Å²) in [6.07, 6.45) is 2.27. The fourth-order valence-corrected chi connectivity index (χ4v) is 2.26. The van der Waals surface area contributed by atoms with Gasteiger partial charge in [-0.3, -0.25) is 0 Å². The monoisotopic (exact) mass is 326 g/mol. The van der Waals surface area contributed by atoms with E-state index in [-0.39, 0.29) is 6.61 Å². The molecule has 0 saturated carbocycles. The molecule has 7 heteroatoms. The Morgan fingerprint density at radius 1 is 1.36 bits per heavy atom. The van der Waals surface area contributed by atoms with E-state index in [9.17, 15) is 9.59 Å². The van der Waals surface area contributed by atoms with Crippen LogP contribution in [0.3, 0.4) is 0 Å². The van der Waals surface area contributed by atoms with Crippen LogP contribution in [0.2, 0.25) is 5.02 Å². The fourth-order valence-electron chi connectivity index (χ4n) is 1.96. The molecule has 0 radical (unpaired) electrons. The number of carbonyl (C=O) groups is 2. The van der Waals surface area contributed by atoms with Gasteiger partial charge in [-0.2, -0.15) is 0 Å². The van der Waals surface area contributed by atoms with Crippen LogP contribution in [0.5, 0.6) is 11.5 Å². The molecule has 6 nitrogen and oxygen atoms in total. The molecule has 0 N–H and O–H groups in total. The number of halogens is 1. The van der Waals surface area contributed by atoms with Gasteiger partial charge in [0.15, 0.2) is 11.5 Å². The number of rotatable bonds is 5. The number of hydrogen-bond acceptors (Lipinski definition) is 6. The molecule has 1 saturated heterocycles. The second-order valence-electron chi connectivity index (χ2n) is 4.45. The first-order valence-corrected chi connectivity index (χ1v) is 6.89. The molecule has 2 rings (SSSR count). The zero-order valence-corrected chi connectivity index (χ0v) is 12.9. The Bertz CT molecular complexity index is 610. The van der Waals surface area contributed by atoms with Gasteiger partial charge in [0.25, 0.3) is 0 Å². The highest BCUT2D eigenvalue weighted by Gasteiger charge is 2.29. The van der Waals surface area contributed by atoms with E-state index in [0.717, 1.165) is 0 Å². The minimum atomic E-state index is -0.828. The number of carbonyl (C=O) groups excluding carboxylic acids is 2. The van der Waals surface area contributed by atoms with Gasteiger partial charge in [-0.25, -0.2) is 9.59 Å². The van der Waals surface area contributed by atoms with Gasteiger partial charge in [0.1, 0.15) is 0 Å². The van der Waals surface area contributed by atoms with Gasteiger partial charge in [0, 0.05) is 12.5 Å². The van der Waals surface area contributed by atoms with Crippen LogP contribution in [-0.4, -0.2) is 38.9 Å². The summed E-state index contributed by atoms with van der Waals surface area (Å²) in [5, 5.41) is 0.356. The summed E-state index contributed by atoms with van der Waals surface area (Å²) in [7, 11) is 2.97. The zero-order valence-electron chi connectivity index (χ0n) is 12.1. The predicted octanol–water partition coefficient (Wildman–Crippen LogP) is 2.23. The molecular weight excluding hydrogens is 312 g/mol. The number of benzene rings is 1. The average Bonchev–Trinajstić information content (AvgIpc) is 2.89. The maximum atomic E-state index is 11.7. The highest BCUT2D eigenvalue weighted by molar-refractivity contribution is 6.32. The quantitative estimate of drug-likeness (QED) is 0.610. The third kappa shape index (κ3) is 3.71. The van der Waals surface area contributed by atoms with Gasteiger partial charge in [-0.05, 0) is 23.8 Å². The van der Waals surface area contributed by atoms with Crippen LogP contribution < -0.4 is 9.47 Å². The number of cyclic esters (lactones) is 1. The molecular formula is C15H15ClO6. The minimum absolute atomic E-state index is 0.270. The summed E-state index contributed by atoms with van der Waals surface area (Å²) in [5.74, 6) is -0.286. The highest BCUT2D eigenvalue weighted by Crippen LogP contribution is 2.36. The number of esters is 2. The van der Waals surface area contributed by atoms with Crippen molar-refractivity contribution in [3.8, 4) is 11.5 Å². The van der Waals surface area contributed by atoms with E-state index in [4.69, 9.17) is 30.5 Å². The molecule has 0 unspecified atom stereocenters. The summed E-state index contributed by atoms with van der Waals surface area (Å²) in [5.41, 5.74) is 0.633. The Hall–Kier alpha value is -2.21. The smallest absolute Gasteiger partial charge is 0.347 e. The van der Waals surface area contributed by atoms with Crippen molar-refractivity contribution in [3.63, 3.8) is 0 Å². The third-order valence-electron chi connectivity index (χ3n) is 3.01. The predicted molar refractivity (Wildman–Crippen MR) is 79.0 cm³/mol. The van der Waals surface area contributed by atoms with Crippen molar-refractivity contribution in [2.24, 2.45) is 0 Å². The Balaban J connectivity index is 2.07. The maximum absolute atomic E-state index is 11.7. The van der Waals surface area contributed by atoms with Crippen LogP contribution in [0, 0.1) is 0 Å². The van der Waals surface area contributed by atoms with Crippen LogP contribution in [0.25, 0.3) is 6.08 Å². The van der Waals surface area contributed by atoms with Crippen molar-refractivity contribution in [2.75, 3.05) is 20.8 Å². The van der Waals surface area contributed by atoms with Crippen molar-refractivity contribution in [3.05, 3.63) is 28.8 Å². The number of ether oxygens (including phenoxy) is 4. The van der Waals surface area contributed by atoms with Crippen LogP contribution in [-0.2, 0) is 19.1 Å². The van der Waals surface area contributed by atoms with Crippen molar-refractivity contribution < 1.29 is 28.5 Å². The first-order chi connectivity index (χ1) is 10.5. The molecule has 1 heterocycles. The summed E-state index contributed by atoms with van der Waals surface area (Å²) < 4.78 is 20.0. The normalized spacial score (nSPS) is 17.4. The minimum Gasteiger partial charge on any atom is -0.493 e. The zero-order chi connectivity index (χ0) is 16.1. The van der Waals surface area contributed by atoms with E-state index >= 15 is 0 Å². The lowest BCUT2D eigenvalue weighted by Gasteiger charge is -2.10. The Morgan fingerprint density at radius 2 is 2.14 bits per heavy atom. The van der Waals surface area contributed by atoms with Gasteiger partial charge in [0.05, 0.1) is 25.8 Å². The largest absolute Gasteiger partial charge is 0.493 e. The second-order valence-corrected chi connectivity index (χ2v) is 4.86. The van der Waals surface area contributed by atoms with E-state index in [0.29, 0.717) is 28.5 Å². The van der Waals surface area contributed by atoms with E-state index in [2.05, 4.69) is 0 Å². The van der Waals surface area contributed by atoms with Crippen LogP contribution in [0.15, 0.2) is 18.2 Å². The van der Waals surface area contributed by atoms with Crippen LogP contribution >= 0.6 is 11.6 Å². The molecule has 118 valence electrons. The topological polar surface area (TPSA) is 71.1 Å². The molecule has 22 heavy (non-hydrogen) atoms. The molecule has 1 atom stereocenters. The van der Waals surface area contributed by atoms with E-state index in [1.165, 1.54) is 26.4 Å². The first-order valence-electron chi connectivity index (χ1n) is 6.52. The lowest BCUT2D eigenvalue weighted by atomic mass is 10.2. The molecule has 1 aliphatic rings. The van der Waals surface area contributed by atoms with Gasteiger partial charge >= 0.3 is 11.9 Å². The molecule has 1 aromatic rings. The molecule has 0 amide bonds. The summed E-state index contributed by atoms with van der Waals surface area (Å²) >= 11 is 6.07. The average molecular weight is 327 g/mol. The Labute approximate surface area is 132 Å². The van der Waals surface area contributed by atoms with E-state index < -0.39 is 18.0 Å². The molecule has 0 aliphatic carbocycles. The van der Waals surface area contributed by atoms with Gasteiger partial charge in [0.2, 0.25) is 6.10 Å². The van der Waals surface area contributed by atoms with E-state index in [1.54, 1.807) is 12.1 Å². The summed E-state index contributed by atoms with van der Waals surface area (Å²) in [6.45, 7) is 0.270. The van der Waals surface area contributed by atoms with Crippen molar-refractivity contribution in [1.29, 1.82) is 0 Å². The van der Waals surface area contributed by atoms with E-state index in [1.807, 2.05) is 0 Å². The highest BCUT2D eigenvalue weighted by atomic mass is 35.5. The SMILES string of the molecule is COc1cc(/C=C/C(=O)O[C@H]2CCOC2=O)cc(Cl)c1OC. The van der Waals surface area contributed by atoms with Gasteiger partial charge in [-0.15, -0.1) is 0 Å². The van der Waals surface area contributed by atoms with Crippen molar-refractivity contribution in [1.82, 2.24) is 0 Å². The molecule has 1 aliphatic heterocycles. The lowest BCUT2D eigenvalue weighted by Crippen LogP contribution is -2.21. The van der Waals surface area contributed by atoms with Crippen molar-refractivity contribution in [2.45, 2.75) is 12.5 Å². The Kier molecular flexibility index (Phi) is 5.27. The second kappa shape index (κ2) is 7.17. The Morgan fingerprint density at radius 3 is 2.73 bits per heavy atom. The fraction of sp³-hybridized carbons (Fsp3) is 0.333. The molecule has 0 spiro atoms. The number of hydrogen-bond donors (Lipinski definition) is 0. The summed E-state index contributed by atoms with van der Waals surface area (Å²) in [6, 6.07) is 3.29. The standard InChI is InChI=1S/C15H15ClO6/c1-19-12-8-9(7-10(16)14(12)20-2)3-4-13(17)22-11-5-6-21-15(11)18/h3-4,7-8,11H,5-6H2,1-2H3/b4-3+/t11-/m0/s1. The van der Waals surface area contributed by atoms with Crippen LogP contribution in [0.4, 0.5) is 0 Å². The first kappa shape index (κ1) is 16.2. The van der Waals surface area contributed by atoms with Crippen molar-refractivity contribution >= 4 is 29.6 Å². The number of methoxy groups -OCH3 is 2. The maximum Gasteiger partial charge on any atom is 0.347 e. The summed E-state index contributed by atoms with van der Waals surface area (Å²) in [4.78, 5) is 22.9. The lowest BCUT2D eigenvalue weighted by molar-refractivity contribution is -0.156. The third-order valence-corrected chi connectivity index (χ3v) is 3.29. The van der Waals surface area contributed by atoms with Gasteiger partial charge < -0.3 is 18.9 Å². The molecule has 1 aromatic carbocycles. The molecule has 0 aromatic heterocycles. The van der Waals surface area contributed by atoms with Gasteiger partial charge in [-0.1, -0.05) is 11.6 Å².